The molecule has 2 heteroatoms. The number of hydrogen-bond acceptors (Lipinski definition) is 2. The van der Waals surface area contributed by atoms with E-state index >= 15 is 0 Å². The second-order valence-electron chi connectivity index (χ2n) is 4.18. The van der Waals surface area contributed by atoms with Crippen molar-refractivity contribution in [3.05, 3.63) is 33.9 Å². The molecule has 15 heavy (non-hydrogen) atoms. The fourth-order valence-corrected chi connectivity index (χ4v) is 2.38. The van der Waals surface area contributed by atoms with E-state index in [1.807, 2.05) is 6.92 Å². The molecule has 0 radical (unpaired) electrons. The molecule has 0 unspecified atom stereocenters. The summed E-state index contributed by atoms with van der Waals surface area (Å²) in [5.74, 6) is -0.186. The van der Waals surface area contributed by atoms with Gasteiger partial charge in [-0.15, -0.1) is 0 Å². The molecule has 2 rings (SSSR count). The Kier molecular flexibility index (Phi) is 2.51. The molecule has 2 nitrogen and oxygen atoms in total. The highest BCUT2D eigenvalue weighted by molar-refractivity contribution is 5.93. The first-order chi connectivity index (χ1) is 7.15. The Morgan fingerprint density at radius 3 is 2.73 bits per heavy atom. The molecule has 0 spiro atoms. The number of esters is 1. The van der Waals surface area contributed by atoms with E-state index in [4.69, 9.17) is 4.74 Å². The average Bonchev–Trinajstić information content (AvgIpc) is 2.66. The van der Waals surface area contributed by atoms with E-state index in [0.29, 0.717) is 0 Å². The van der Waals surface area contributed by atoms with Gasteiger partial charge in [-0.1, -0.05) is 6.07 Å². The van der Waals surface area contributed by atoms with E-state index in [1.54, 1.807) is 0 Å². The van der Waals surface area contributed by atoms with Crippen LogP contribution in [0, 0.1) is 13.8 Å². The fourth-order valence-electron chi connectivity index (χ4n) is 2.38. The molecule has 1 aromatic rings. The molecule has 1 aliphatic carbocycles. The molecule has 0 N–H and O–H groups in total. The quantitative estimate of drug-likeness (QED) is 0.657. The molecule has 80 valence electrons. The van der Waals surface area contributed by atoms with Gasteiger partial charge in [0.2, 0.25) is 0 Å². The molecule has 0 aromatic heterocycles. The van der Waals surface area contributed by atoms with Gasteiger partial charge in [-0.25, -0.2) is 4.79 Å². The van der Waals surface area contributed by atoms with Crippen molar-refractivity contribution >= 4 is 5.97 Å². The number of ether oxygens (including phenoxy) is 1. The summed E-state index contributed by atoms with van der Waals surface area (Å²) in [4.78, 5) is 11.7. The average molecular weight is 204 g/mol. The molecule has 0 aliphatic heterocycles. The van der Waals surface area contributed by atoms with Crippen molar-refractivity contribution in [3.8, 4) is 0 Å². The van der Waals surface area contributed by atoms with E-state index < -0.39 is 0 Å². The largest absolute Gasteiger partial charge is 0.465 e. The Morgan fingerprint density at radius 1 is 1.33 bits per heavy atom. The van der Waals surface area contributed by atoms with Crippen molar-refractivity contribution in [1.82, 2.24) is 0 Å². The summed E-state index contributed by atoms with van der Waals surface area (Å²) in [6.45, 7) is 4.06. The van der Waals surface area contributed by atoms with Crippen LogP contribution < -0.4 is 0 Å². The molecule has 0 atom stereocenters. The van der Waals surface area contributed by atoms with Crippen LogP contribution in [0.2, 0.25) is 0 Å². The van der Waals surface area contributed by atoms with Crippen LogP contribution in [0.1, 0.15) is 39.0 Å². The summed E-state index contributed by atoms with van der Waals surface area (Å²) in [5.41, 5.74) is 5.62. The first-order valence-electron chi connectivity index (χ1n) is 5.35. The number of benzene rings is 1. The van der Waals surface area contributed by atoms with E-state index in [2.05, 4.69) is 13.0 Å². The lowest BCUT2D eigenvalue weighted by Gasteiger charge is -2.12. The molecule has 0 saturated carbocycles. The number of aryl methyl sites for hydroxylation is 2. The van der Waals surface area contributed by atoms with Gasteiger partial charge in [0.05, 0.1) is 12.7 Å². The van der Waals surface area contributed by atoms with Crippen molar-refractivity contribution in [2.24, 2.45) is 0 Å². The summed E-state index contributed by atoms with van der Waals surface area (Å²) in [6, 6.07) is 2.21. The van der Waals surface area contributed by atoms with E-state index in [0.717, 1.165) is 30.4 Å². The summed E-state index contributed by atoms with van der Waals surface area (Å²) in [6.07, 6.45) is 3.27. The number of carbonyl (C=O) groups is 1. The SMILES string of the molecule is COC(=O)c1c(C)c(C)cc2c1CCC2. The van der Waals surface area contributed by atoms with Gasteiger partial charge in [0.25, 0.3) is 0 Å². The third-order valence-electron chi connectivity index (χ3n) is 3.31. The Bertz CT molecular complexity index is 419. The molecule has 1 aliphatic rings. The minimum atomic E-state index is -0.186. The molecular weight excluding hydrogens is 188 g/mol. The molecule has 0 heterocycles. The molecule has 0 bridgehead atoms. The third kappa shape index (κ3) is 1.54. The number of hydrogen-bond donors (Lipinski definition) is 0. The second-order valence-corrected chi connectivity index (χ2v) is 4.18. The lowest BCUT2D eigenvalue weighted by atomic mass is 9.94. The lowest BCUT2D eigenvalue weighted by molar-refractivity contribution is 0.0598. The molecule has 0 fully saturated rings. The van der Waals surface area contributed by atoms with Gasteiger partial charge >= 0.3 is 5.97 Å². The van der Waals surface area contributed by atoms with Gasteiger partial charge in [0, 0.05) is 0 Å². The fraction of sp³-hybridized carbons (Fsp3) is 0.462. The topological polar surface area (TPSA) is 26.3 Å². The van der Waals surface area contributed by atoms with Crippen LogP contribution in [-0.4, -0.2) is 13.1 Å². The first kappa shape index (κ1) is 10.2. The van der Waals surface area contributed by atoms with Crippen LogP contribution in [0.25, 0.3) is 0 Å². The zero-order chi connectivity index (χ0) is 11.0. The zero-order valence-corrected chi connectivity index (χ0v) is 9.52. The third-order valence-corrected chi connectivity index (χ3v) is 3.31. The van der Waals surface area contributed by atoms with E-state index in [9.17, 15) is 4.79 Å². The minimum Gasteiger partial charge on any atom is -0.465 e. The van der Waals surface area contributed by atoms with Crippen LogP contribution in [0.5, 0.6) is 0 Å². The standard InChI is InChI=1S/C13H16O2/c1-8-7-10-5-4-6-11(10)12(9(8)2)13(14)15-3/h7H,4-6H2,1-3H3. The normalized spacial score (nSPS) is 13.8. The summed E-state index contributed by atoms with van der Waals surface area (Å²) in [5, 5.41) is 0. The smallest absolute Gasteiger partial charge is 0.338 e. The predicted octanol–water partition coefficient (Wildman–Crippen LogP) is 2.58. The molecule has 1 aromatic carbocycles. The maximum Gasteiger partial charge on any atom is 0.338 e. The maximum atomic E-state index is 11.7. The van der Waals surface area contributed by atoms with Crippen molar-refractivity contribution in [3.63, 3.8) is 0 Å². The summed E-state index contributed by atoms with van der Waals surface area (Å²) in [7, 11) is 1.45. The lowest BCUT2D eigenvalue weighted by Crippen LogP contribution is -2.09. The Morgan fingerprint density at radius 2 is 2.07 bits per heavy atom. The summed E-state index contributed by atoms with van der Waals surface area (Å²) >= 11 is 0. The highest BCUT2D eigenvalue weighted by Crippen LogP contribution is 2.30. The van der Waals surface area contributed by atoms with Crippen molar-refractivity contribution in [2.75, 3.05) is 7.11 Å². The van der Waals surface area contributed by atoms with E-state index in [-0.39, 0.29) is 5.97 Å². The minimum absolute atomic E-state index is 0.186. The number of fused-ring (bicyclic) bond motifs is 1. The highest BCUT2D eigenvalue weighted by atomic mass is 16.5. The van der Waals surface area contributed by atoms with Gasteiger partial charge in [-0.05, 0) is 55.4 Å². The Labute approximate surface area is 90.3 Å². The van der Waals surface area contributed by atoms with Gasteiger partial charge in [-0.3, -0.25) is 0 Å². The monoisotopic (exact) mass is 204 g/mol. The molecular formula is C13H16O2. The van der Waals surface area contributed by atoms with Crippen LogP contribution >= 0.6 is 0 Å². The Balaban J connectivity index is 2.65. The Hall–Kier alpha value is -1.31. The van der Waals surface area contributed by atoms with Crippen LogP contribution in [0.4, 0.5) is 0 Å². The van der Waals surface area contributed by atoms with Gasteiger partial charge < -0.3 is 4.74 Å². The number of carbonyl (C=O) groups excluding carboxylic acids is 1. The first-order valence-corrected chi connectivity index (χ1v) is 5.35. The molecule has 0 amide bonds. The van der Waals surface area contributed by atoms with Crippen molar-refractivity contribution < 1.29 is 9.53 Å². The van der Waals surface area contributed by atoms with Gasteiger partial charge in [0.15, 0.2) is 0 Å². The van der Waals surface area contributed by atoms with Gasteiger partial charge in [0.1, 0.15) is 0 Å². The predicted molar refractivity (Wildman–Crippen MR) is 59.3 cm³/mol. The highest BCUT2D eigenvalue weighted by Gasteiger charge is 2.22. The van der Waals surface area contributed by atoms with Gasteiger partial charge in [-0.2, -0.15) is 0 Å². The number of methoxy groups -OCH3 is 1. The number of rotatable bonds is 1. The van der Waals surface area contributed by atoms with Crippen molar-refractivity contribution in [2.45, 2.75) is 33.1 Å². The summed E-state index contributed by atoms with van der Waals surface area (Å²) < 4.78 is 4.86. The maximum absolute atomic E-state index is 11.7. The zero-order valence-electron chi connectivity index (χ0n) is 9.52. The van der Waals surface area contributed by atoms with Crippen LogP contribution in [-0.2, 0) is 17.6 Å². The molecule has 0 saturated heterocycles. The van der Waals surface area contributed by atoms with Crippen LogP contribution in [0.3, 0.4) is 0 Å². The van der Waals surface area contributed by atoms with E-state index in [1.165, 1.54) is 23.8 Å². The van der Waals surface area contributed by atoms with Crippen LogP contribution in [0.15, 0.2) is 6.07 Å². The second kappa shape index (κ2) is 3.69. The van der Waals surface area contributed by atoms with Crippen molar-refractivity contribution in [1.29, 1.82) is 0 Å².